The van der Waals surface area contributed by atoms with Crippen molar-refractivity contribution in [2.24, 2.45) is 0 Å². The highest BCUT2D eigenvalue weighted by molar-refractivity contribution is 6.33. The Labute approximate surface area is 162 Å². The average molecular weight is 381 g/mol. The number of nitrogens with zero attached hydrogens (tertiary/aromatic N) is 4. The Morgan fingerprint density at radius 1 is 1.19 bits per heavy atom. The number of amides is 1. The molecule has 1 amide bonds. The molecule has 0 bridgehead atoms. The molecule has 0 saturated carbocycles. The van der Waals surface area contributed by atoms with Crippen LogP contribution in [0, 0.1) is 11.3 Å². The number of benzene rings is 2. The Morgan fingerprint density at radius 3 is 2.52 bits per heavy atom. The summed E-state index contributed by atoms with van der Waals surface area (Å²) in [6, 6.07) is 15.7. The predicted molar refractivity (Wildman–Crippen MR) is 101 cm³/mol. The van der Waals surface area contributed by atoms with E-state index in [9.17, 15) is 4.79 Å². The number of carbonyl (C=O) groups excluding carboxylic acids is 1. The number of carbonyl (C=O) groups is 1. The molecule has 0 spiro atoms. The molecule has 0 radical (unpaired) electrons. The van der Waals surface area contributed by atoms with Gasteiger partial charge < -0.3 is 9.32 Å². The van der Waals surface area contributed by atoms with Gasteiger partial charge in [0.1, 0.15) is 0 Å². The average Bonchev–Trinajstić information content (AvgIpc) is 3.14. The second-order valence-electron chi connectivity index (χ2n) is 6.20. The Morgan fingerprint density at radius 2 is 1.89 bits per heavy atom. The smallest absolute Gasteiger partial charge is 0.254 e. The Kier molecular flexibility index (Phi) is 5.53. The van der Waals surface area contributed by atoms with Gasteiger partial charge in [0.15, 0.2) is 0 Å². The highest BCUT2D eigenvalue weighted by Crippen LogP contribution is 2.26. The van der Waals surface area contributed by atoms with Crippen molar-refractivity contribution in [2.45, 2.75) is 26.4 Å². The van der Waals surface area contributed by atoms with Gasteiger partial charge in [-0.05, 0) is 50.2 Å². The molecule has 2 aromatic carbocycles. The molecule has 0 saturated heterocycles. The lowest BCUT2D eigenvalue weighted by Gasteiger charge is -2.25. The molecule has 7 heteroatoms. The van der Waals surface area contributed by atoms with Crippen molar-refractivity contribution < 1.29 is 9.21 Å². The highest BCUT2D eigenvalue weighted by atomic mass is 35.5. The van der Waals surface area contributed by atoms with Crippen LogP contribution in [0.4, 0.5) is 0 Å². The Balaban J connectivity index is 1.82. The van der Waals surface area contributed by atoms with Crippen molar-refractivity contribution in [1.29, 1.82) is 5.26 Å². The molecule has 0 N–H and O–H groups in total. The molecule has 0 unspecified atom stereocenters. The summed E-state index contributed by atoms with van der Waals surface area (Å²) < 4.78 is 5.71. The summed E-state index contributed by atoms with van der Waals surface area (Å²) in [5.74, 6) is 0.456. The van der Waals surface area contributed by atoms with Gasteiger partial charge >= 0.3 is 0 Å². The molecule has 0 atom stereocenters. The lowest BCUT2D eigenvalue weighted by Crippen LogP contribution is -2.36. The molecule has 27 heavy (non-hydrogen) atoms. The zero-order valence-electron chi connectivity index (χ0n) is 14.9. The maximum atomic E-state index is 12.9. The van der Waals surface area contributed by atoms with E-state index < -0.39 is 0 Å². The van der Waals surface area contributed by atoms with E-state index in [-0.39, 0.29) is 18.5 Å². The minimum atomic E-state index is -0.174. The largest absolute Gasteiger partial charge is 0.419 e. The molecule has 3 aromatic rings. The molecule has 1 aromatic heterocycles. The zero-order valence-corrected chi connectivity index (χ0v) is 15.6. The SMILES string of the molecule is CC(C)N(Cc1nnc(-c2ccccc2Cl)o1)C(=O)c1ccc(C#N)cc1. The molecule has 136 valence electrons. The van der Waals surface area contributed by atoms with Crippen molar-refractivity contribution in [1.82, 2.24) is 15.1 Å². The van der Waals surface area contributed by atoms with E-state index in [2.05, 4.69) is 10.2 Å². The standard InChI is InChI=1S/C20H17ClN4O2/c1-13(2)25(20(26)15-9-7-14(11-22)8-10-15)12-18-23-24-19(27-18)16-5-3-4-6-17(16)21/h3-10,13H,12H2,1-2H3. The van der Waals surface area contributed by atoms with E-state index in [1.807, 2.05) is 32.0 Å². The molecule has 0 aliphatic heterocycles. The van der Waals surface area contributed by atoms with Crippen LogP contribution in [0.25, 0.3) is 11.5 Å². The van der Waals surface area contributed by atoms with Gasteiger partial charge in [0.25, 0.3) is 5.91 Å². The van der Waals surface area contributed by atoms with Gasteiger partial charge in [-0.3, -0.25) is 4.79 Å². The number of hydrogen-bond acceptors (Lipinski definition) is 5. The molecule has 0 aliphatic rings. The summed E-state index contributed by atoms with van der Waals surface area (Å²) in [6.07, 6.45) is 0. The summed E-state index contributed by atoms with van der Waals surface area (Å²) in [5.41, 5.74) is 1.64. The van der Waals surface area contributed by atoms with E-state index in [1.165, 1.54) is 0 Å². The fourth-order valence-corrected chi connectivity index (χ4v) is 2.77. The molecule has 0 fully saturated rings. The number of aromatic nitrogens is 2. The topological polar surface area (TPSA) is 83.0 Å². The second-order valence-corrected chi connectivity index (χ2v) is 6.60. The third-order valence-corrected chi connectivity index (χ3v) is 4.35. The van der Waals surface area contributed by atoms with E-state index >= 15 is 0 Å². The maximum Gasteiger partial charge on any atom is 0.254 e. The second kappa shape index (κ2) is 8.02. The summed E-state index contributed by atoms with van der Waals surface area (Å²) >= 11 is 6.16. The van der Waals surface area contributed by atoms with Gasteiger partial charge in [-0.1, -0.05) is 23.7 Å². The zero-order chi connectivity index (χ0) is 19.4. The summed E-state index contributed by atoms with van der Waals surface area (Å²) in [6.45, 7) is 3.99. The molecular formula is C20H17ClN4O2. The molecule has 1 heterocycles. The summed E-state index contributed by atoms with van der Waals surface area (Å²) in [4.78, 5) is 14.5. The fraction of sp³-hybridized carbons (Fsp3) is 0.200. The van der Waals surface area contributed by atoms with Crippen molar-refractivity contribution >= 4 is 17.5 Å². The third kappa shape index (κ3) is 4.15. The normalized spacial score (nSPS) is 10.6. The van der Waals surface area contributed by atoms with Gasteiger partial charge in [0, 0.05) is 11.6 Å². The Bertz CT molecular complexity index is 990. The number of hydrogen-bond donors (Lipinski definition) is 0. The maximum absolute atomic E-state index is 12.9. The third-order valence-electron chi connectivity index (χ3n) is 4.02. The monoisotopic (exact) mass is 380 g/mol. The van der Waals surface area contributed by atoms with Crippen LogP contribution in [0.3, 0.4) is 0 Å². The minimum Gasteiger partial charge on any atom is -0.419 e. The van der Waals surface area contributed by atoms with E-state index in [0.717, 1.165) is 0 Å². The first-order valence-corrected chi connectivity index (χ1v) is 8.76. The highest BCUT2D eigenvalue weighted by Gasteiger charge is 2.22. The first-order valence-electron chi connectivity index (χ1n) is 8.38. The number of nitriles is 1. The lowest BCUT2D eigenvalue weighted by atomic mass is 10.1. The van der Waals surface area contributed by atoms with E-state index in [4.69, 9.17) is 21.3 Å². The Hall–Kier alpha value is -3.17. The van der Waals surface area contributed by atoms with Crippen molar-refractivity contribution in [3.63, 3.8) is 0 Å². The van der Waals surface area contributed by atoms with Gasteiger partial charge in [0.2, 0.25) is 11.8 Å². The fourth-order valence-electron chi connectivity index (χ4n) is 2.55. The summed E-state index contributed by atoms with van der Waals surface area (Å²) in [7, 11) is 0. The van der Waals surface area contributed by atoms with Crippen LogP contribution < -0.4 is 0 Å². The van der Waals surface area contributed by atoms with Crippen LogP contribution in [0.5, 0.6) is 0 Å². The molecule has 6 nitrogen and oxygen atoms in total. The first-order chi connectivity index (χ1) is 13.0. The van der Waals surface area contributed by atoms with Crippen molar-refractivity contribution in [3.05, 3.63) is 70.6 Å². The van der Waals surface area contributed by atoms with Crippen LogP contribution in [0.2, 0.25) is 5.02 Å². The van der Waals surface area contributed by atoms with Crippen LogP contribution in [0.1, 0.15) is 35.7 Å². The molecule has 3 rings (SSSR count). The van der Waals surface area contributed by atoms with Crippen LogP contribution in [-0.2, 0) is 6.54 Å². The van der Waals surface area contributed by atoms with Crippen LogP contribution in [-0.4, -0.2) is 27.0 Å². The van der Waals surface area contributed by atoms with Crippen LogP contribution in [0.15, 0.2) is 52.9 Å². The van der Waals surface area contributed by atoms with Gasteiger partial charge in [-0.25, -0.2) is 0 Å². The van der Waals surface area contributed by atoms with E-state index in [0.29, 0.717) is 33.5 Å². The molecule has 0 aliphatic carbocycles. The van der Waals surface area contributed by atoms with E-state index in [1.54, 1.807) is 41.3 Å². The van der Waals surface area contributed by atoms with Gasteiger partial charge in [0.05, 0.1) is 28.8 Å². The summed E-state index contributed by atoms with van der Waals surface area (Å²) in [5, 5.41) is 17.5. The van der Waals surface area contributed by atoms with Crippen LogP contribution >= 0.6 is 11.6 Å². The lowest BCUT2D eigenvalue weighted by molar-refractivity contribution is 0.0672. The number of halogens is 1. The quantitative estimate of drug-likeness (QED) is 0.658. The van der Waals surface area contributed by atoms with Crippen molar-refractivity contribution in [3.8, 4) is 17.5 Å². The minimum absolute atomic E-state index is 0.0798. The predicted octanol–water partition coefficient (Wildman–Crippen LogP) is 4.31. The number of rotatable bonds is 5. The van der Waals surface area contributed by atoms with Gasteiger partial charge in [-0.2, -0.15) is 5.26 Å². The van der Waals surface area contributed by atoms with Crippen molar-refractivity contribution in [2.75, 3.05) is 0 Å². The molecular weight excluding hydrogens is 364 g/mol. The first kappa shape index (κ1) is 18.6. The van der Waals surface area contributed by atoms with Gasteiger partial charge in [-0.15, -0.1) is 10.2 Å².